The van der Waals surface area contributed by atoms with Crippen molar-refractivity contribution in [1.82, 2.24) is 5.32 Å². The minimum Gasteiger partial charge on any atom is -0.400 e. The van der Waals surface area contributed by atoms with Crippen LogP contribution in [0.25, 0.3) is 11.1 Å². The molecule has 0 amide bonds. The molecular formula is C30H41NO3. The van der Waals surface area contributed by atoms with Gasteiger partial charge in [-0.1, -0.05) is 93.3 Å². The van der Waals surface area contributed by atoms with Gasteiger partial charge < -0.3 is 10.4 Å². The molecule has 0 bridgehead atoms. The topological polar surface area (TPSA) is 66.4 Å². The molecule has 2 aromatic carbocycles. The Balaban J connectivity index is 0.000000559. The molecule has 3 rings (SSSR count). The van der Waals surface area contributed by atoms with E-state index in [2.05, 4.69) is 42.3 Å². The zero-order valence-corrected chi connectivity index (χ0v) is 21.6. The fourth-order valence-corrected chi connectivity index (χ4v) is 2.94. The van der Waals surface area contributed by atoms with Crippen LogP contribution in [-0.2, 0) is 4.79 Å². The number of benzene rings is 2. The summed E-state index contributed by atoms with van der Waals surface area (Å²) >= 11 is 0. The smallest absolute Gasteiger partial charge is 0.159 e. The summed E-state index contributed by atoms with van der Waals surface area (Å²) < 4.78 is 0. The zero-order chi connectivity index (χ0) is 25.9. The van der Waals surface area contributed by atoms with Crippen molar-refractivity contribution in [3.8, 4) is 11.1 Å². The van der Waals surface area contributed by atoms with Crippen LogP contribution in [0.15, 0.2) is 90.7 Å². The number of Topliss-reactive ketones (excluding diaryl/α,β-unsaturated/α-hetero) is 2. The van der Waals surface area contributed by atoms with Gasteiger partial charge in [-0.2, -0.15) is 0 Å². The highest BCUT2D eigenvalue weighted by atomic mass is 16.2. The molecule has 1 unspecified atom stereocenters. The maximum absolute atomic E-state index is 11.1. The van der Waals surface area contributed by atoms with E-state index >= 15 is 0 Å². The molecule has 1 atom stereocenters. The van der Waals surface area contributed by atoms with Gasteiger partial charge in [0.05, 0.1) is 5.92 Å². The highest BCUT2D eigenvalue weighted by molar-refractivity contribution is 5.94. The van der Waals surface area contributed by atoms with Crippen LogP contribution >= 0.6 is 0 Å². The number of aliphatic hydroxyl groups is 1. The largest absolute Gasteiger partial charge is 0.400 e. The maximum atomic E-state index is 11.1. The summed E-state index contributed by atoms with van der Waals surface area (Å²) in [6.07, 6.45) is 8.77. The molecule has 184 valence electrons. The first-order chi connectivity index (χ1) is 16.4. The monoisotopic (exact) mass is 463 g/mol. The molecule has 0 saturated carbocycles. The van der Waals surface area contributed by atoms with Gasteiger partial charge in [-0.05, 0) is 50.3 Å². The molecule has 2 N–H and O–H groups in total. The summed E-state index contributed by atoms with van der Waals surface area (Å²) in [5.74, 6) is 0.161. The molecule has 0 saturated heterocycles. The van der Waals surface area contributed by atoms with Crippen LogP contribution in [0.5, 0.6) is 0 Å². The molecule has 2 aromatic rings. The number of allylic oxidation sites excluding steroid dienone is 3. The van der Waals surface area contributed by atoms with E-state index in [0.29, 0.717) is 0 Å². The van der Waals surface area contributed by atoms with E-state index in [1.54, 1.807) is 13.8 Å². The van der Waals surface area contributed by atoms with Crippen molar-refractivity contribution >= 4 is 11.6 Å². The molecule has 0 radical (unpaired) electrons. The predicted octanol–water partition coefficient (Wildman–Crippen LogP) is 6.78. The molecule has 0 fully saturated rings. The lowest BCUT2D eigenvalue weighted by Gasteiger charge is -2.15. The highest BCUT2D eigenvalue weighted by Gasteiger charge is 2.11. The Morgan fingerprint density at radius 2 is 1.50 bits per heavy atom. The predicted molar refractivity (Wildman–Crippen MR) is 145 cm³/mol. The van der Waals surface area contributed by atoms with Gasteiger partial charge in [-0.25, -0.2) is 0 Å². The van der Waals surface area contributed by atoms with E-state index in [4.69, 9.17) is 5.11 Å². The number of nitrogens with one attached hydrogen (secondary N) is 1. The first-order valence-electron chi connectivity index (χ1n) is 11.8. The first-order valence-corrected chi connectivity index (χ1v) is 11.8. The number of aliphatic hydroxyl groups excluding tert-OH is 1. The maximum Gasteiger partial charge on any atom is 0.159 e. The molecule has 34 heavy (non-hydrogen) atoms. The number of carbonyl (C=O) groups is 2. The van der Waals surface area contributed by atoms with Gasteiger partial charge in [0.25, 0.3) is 0 Å². The molecular weight excluding hydrogens is 422 g/mol. The van der Waals surface area contributed by atoms with Crippen LogP contribution in [0.3, 0.4) is 0 Å². The van der Waals surface area contributed by atoms with Crippen molar-refractivity contribution in [1.29, 1.82) is 0 Å². The fraction of sp³-hybridized carbons (Fsp3) is 0.333. The van der Waals surface area contributed by atoms with Crippen LogP contribution in [0.1, 0.15) is 57.8 Å². The van der Waals surface area contributed by atoms with Gasteiger partial charge in [0, 0.05) is 24.9 Å². The molecule has 1 aliphatic rings. The molecule has 0 aromatic heterocycles. The molecule has 0 heterocycles. The second-order valence-corrected chi connectivity index (χ2v) is 7.47. The summed E-state index contributed by atoms with van der Waals surface area (Å²) in [7, 11) is 1.00. The SMILES string of the molecule is C=C(NCC1=CCCC=C1)C(C)C(C)=O.CC.CC(=O)c1ccc(-c2ccccc2)cc1.CO. The lowest BCUT2D eigenvalue weighted by atomic mass is 10.0. The average Bonchev–Trinajstić information content (AvgIpc) is 2.90. The second kappa shape index (κ2) is 18.2. The van der Waals surface area contributed by atoms with Crippen LogP contribution in [0.2, 0.25) is 0 Å². The van der Waals surface area contributed by atoms with E-state index in [0.717, 1.165) is 43.3 Å². The Morgan fingerprint density at radius 1 is 0.941 bits per heavy atom. The third-order valence-corrected chi connectivity index (χ3v) is 5.12. The third kappa shape index (κ3) is 11.6. The summed E-state index contributed by atoms with van der Waals surface area (Å²) in [4.78, 5) is 22.2. The van der Waals surface area contributed by atoms with Gasteiger partial charge in [0.1, 0.15) is 5.78 Å². The lowest BCUT2D eigenvalue weighted by molar-refractivity contribution is -0.119. The molecule has 1 aliphatic carbocycles. The van der Waals surface area contributed by atoms with Crippen LogP contribution < -0.4 is 5.32 Å². The lowest BCUT2D eigenvalue weighted by Crippen LogP contribution is -2.23. The summed E-state index contributed by atoms with van der Waals surface area (Å²) in [6, 6.07) is 17.8. The number of ketones is 2. The molecule has 0 aliphatic heterocycles. The summed E-state index contributed by atoms with van der Waals surface area (Å²) in [5.41, 5.74) is 5.16. The number of hydrogen-bond donors (Lipinski definition) is 2. The van der Waals surface area contributed by atoms with E-state index in [1.165, 1.54) is 11.1 Å². The Morgan fingerprint density at radius 3 is 1.97 bits per heavy atom. The molecule has 4 heteroatoms. The average molecular weight is 464 g/mol. The van der Waals surface area contributed by atoms with E-state index in [1.807, 2.05) is 63.2 Å². The van der Waals surface area contributed by atoms with E-state index in [9.17, 15) is 9.59 Å². The second-order valence-electron chi connectivity index (χ2n) is 7.47. The van der Waals surface area contributed by atoms with Gasteiger partial charge in [-0.15, -0.1) is 0 Å². The number of hydrogen-bond acceptors (Lipinski definition) is 4. The minimum atomic E-state index is -0.0989. The molecule has 0 spiro atoms. The van der Waals surface area contributed by atoms with Gasteiger partial charge in [0.15, 0.2) is 5.78 Å². The van der Waals surface area contributed by atoms with Gasteiger partial charge >= 0.3 is 0 Å². The normalized spacial score (nSPS) is 12.1. The van der Waals surface area contributed by atoms with E-state index < -0.39 is 0 Å². The standard InChI is InChI=1S/C14H12O.C13H19NO.C2H6.CH4O/c1-11(15)12-7-9-14(10-8-12)13-5-3-2-4-6-13;1-10(12(3)15)11(2)14-9-13-7-5-4-6-8-13;2*1-2/h2-10H,1H3;5,7-8,10,14H,2,4,6,9H2,1,3H3;1-2H3;2H,1H3. The Labute approximate surface area is 206 Å². The Bertz CT molecular complexity index is 925. The summed E-state index contributed by atoms with van der Waals surface area (Å²) in [6.45, 7) is 13.7. The van der Waals surface area contributed by atoms with E-state index in [-0.39, 0.29) is 17.5 Å². The van der Waals surface area contributed by atoms with Crippen molar-refractivity contribution in [3.63, 3.8) is 0 Å². The van der Waals surface area contributed by atoms with Crippen LogP contribution in [0, 0.1) is 5.92 Å². The van der Waals surface area contributed by atoms with Gasteiger partial charge in [-0.3, -0.25) is 9.59 Å². The fourth-order valence-electron chi connectivity index (χ4n) is 2.94. The van der Waals surface area contributed by atoms with Crippen molar-refractivity contribution < 1.29 is 14.7 Å². The summed E-state index contributed by atoms with van der Waals surface area (Å²) in [5, 5.41) is 10.2. The Kier molecular flexibility index (Phi) is 16.5. The quantitative estimate of drug-likeness (QED) is 0.444. The number of carbonyl (C=O) groups excluding carboxylic acids is 2. The van der Waals surface area contributed by atoms with Crippen molar-refractivity contribution in [2.45, 2.75) is 47.5 Å². The van der Waals surface area contributed by atoms with Crippen molar-refractivity contribution in [2.24, 2.45) is 5.92 Å². The number of rotatable bonds is 7. The van der Waals surface area contributed by atoms with Gasteiger partial charge in [0.2, 0.25) is 0 Å². The highest BCUT2D eigenvalue weighted by Crippen LogP contribution is 2.19. The first kappa shape index (κ1) is 30.8. The minimum absolute atomic E-state index is 0.0989. The molecule has 4 nitrogen and oxygen atoms in total. The van der Waals surface area contributed by atoms with Crippen molar-refractivity contribution in [3.05, 3.63) is 96.2 Å². The zero-order valence-electron chi connectivity index (χ0n) is 21.6. The van der Waals surface area contributed by atoms with Crippen molar-refractivity contribution in [2.75, 3.05) is 13.7 Å². The third-order valence-electron chi connectivity index (χ3n) is 5.12. The Hall–Kier alpha value is -3.24. The van der Waals surface area contributed by atoms with Crippen LogP contribution in [0.4, 0.5) is 0 Å². The van der Waals surface area contributed by atoms with Crippen LogP contribution in [-0.4, -0.2) is 30.3 Å².